The maximum atomic E-state index is 11.4. The van der Waals surface area contributed by atoms with Crippen molar-refractivity contribution in [1.29, 1.82) is 0 Å². The van der Waals surface area contributed by atoms with Crippen LogP contribution in [-0.2, 0) is 6.42 Å². The quantitative estimate of drug-likeness (QED) is 0.909. The molecule has 1 unspecified atom stereocenters. The zero-order valence-corrected chi connectivity index (χ0v) is 13.0. The highest BCUT2D eigenvalue weighted by Crippen LogP contribution is 2.27. The van der Waals surface area contributed by atoms with E-state index in [-0.39, 0.29) is 5.76 Å². The predicted molar refractivity (Wildman–Crippen MR) is 86.4 cm³/mol. The van der Waals surface area contributed by atoms with Crippen LogP contribution in [0.4, 0.5) is 0 Å². The summed E-state index contributed by atoms with van der Waals surface area (Å²) in [7, 11) is 0. The van der Waals surface area contributed by atoms with Gasteiger partial charge in [-0.3, -0.25) is 0 Å². The number of nitrogens with zero attached hydrogens (tertiary/aromatic N) is 1. The Morgan fingerprint density at radius 2 is 2.18 bits per heavy atom. The minimum absolute atomic E-state index is 0.105. The Hall–Kier alpha value is -1.81. The van der Waals surface area contributed by atoms with Crippen molar-refractivity contribution in [2.45, 2.75) is 45.1 Å². The standard InChI is InChI=1S/C18H23NO3/c1-13-7-4-5-11-19(13)12-6-9-15-14-8-2-3-10-16(14)22-17(15)18(20)21/h2-3,8,10,13H,4-7,9,11-12H2,1H3,(H,20,21). The second kappa shape index (κ2) is 6.53. The van der Waals surface area contributed by atoms with Gasteiger partial charge in [0.2, 0.25) is 5.76 Å². The summed E-state index contributed by atoms with van der Waals surface area (Å²) in [6.45, 7) is 4.48. The number of aryl methyl sites for hydroxylation is 1. The molecule has 1 aliphatic heterocycles. The number of carboxylic acid groups (broad SMARTS) is 1. The molecule has 0 radical (unpaired) electrons. The summed E-state index contributed by atoms with van der Waals surface area (Å²) >= 11 is 0. The van der Waals surface area contributed by atoms with E-state index in [0.29, 0.717) is 11.6 Å². The SMILES string of the molecule is CC1CCCCN1CCCc1c(C(=O)O)oc2ccccc12. The van der Waals surface area contributed by atoms with Gasteiger partial charge in [0.1, 0.15) is 5.58 Å². The van der Waals surface area contributed by atoms with Crippen LogP contribution < -0.4 is 0 Å². The van der Waals surface area contributed by atoms with Crippen LogP contribution >= 0.6 is 0 Å². The van der Waals surface area contributed by atoms with Crippen molar-refractivity contribution in [3.05, 3.63) is 35.6 Å². The molecule has 4 heteroatoms. The fraction of sp³-hybridized carbons (Fsp3) is 0.500. The summed E-state index contributed by atoms with van der Waals surface area (Å²) < 4.78 is 5.51. The van der Waals surface area contributed by atoms with Crippen LogP contribution in [0.25, 0.3) is 11.0 Å². The third-order valence-corrected chi connectivity index (χ3v) is 4.71. The Morgan fingerprint density at radius 1 is 1.36 bits per heavy atom. The largest absolute Gasteiger partial charge is 0.475 e. The van der Waals surface area contributed by atoms with Crippen molar-refractivity contribution in [2.24, 2.45) is 0 Å². The lowest BCUT2D eigenvalue weighted by Crippen LogP contribution is -2.38. The lowest BCUT2D eigenvalue weighted by atomic mass is 10.0. The molecule has 3 rings (SSSR count). The number of fused-ring (bicyclic) bond motifs is 1. The van der Waals surface area contributed by atoms with E-state index >= 15 is 0 Å². The molecule has 1 aromatic heterocycles. The highest BCUT2D eigenvalue weighted by Gasteiger charge is 2.21. The molecule has 0 amide bonds. The monoisotopic (exact) mass is 301 g/mol. The minimum Gasteiger partial charge on any atom is -0.475 e. The molecule has 0 spiro atoms. The number of piperidine rings is 1. The van der Waals surface area contributed by atoms with Crippen molar-refractivity contribution in [2.75, 3.05) is 13.1 Å². The molecule has 118 valence electrons. The van der Waals surface area contributed by atoms with Crippen molar-refractivity contribution in [3.63, 3.8) is 0 Å². The Labute approximate surface area is 130 Å². The molecule has 22 heavy (non-hydrogen) atoms. The molecule has 1 saturated heterocycles. The molecule has 1 aliphatic rings. The van der Waals surface area contributed by atoms with Crippen LogP contribution in [0.15, 0.2) is 28.7 Å². The van der Waals surface area contributed by atoms with Crippen LogP contribution in [0.1, 0.15) is 48.7 Å². The number of benzene rings is 1. The number of rotatable bonds is 5. The van der Waals surface area contributed by atoms with Crippen LogP contribution in [-0.4, -0.2) is 35.1 Å². The van der Waals surface area contributed by atoms with Gasteiger partial charge >= 0.3 is 5.97 Å². The second-order valence-corrected chi connectivity index (χ2v) is 6.20. The van der Waals surface area contributed by atoms with Gasteiger partial charge in [-0.25, -0.2) is 4.79 Å². The first kappa shape index (κ1) is 15.1. The van der Waals surface area contributed by atoms with Gasteiger partial charge in [-0.15, -0.1) is 0 Å². The predicted octanol–water partition coefficient (Wildman–Crippen LogP) is 3.94. The smallest absolute Gasteiger partial charge is 0.372 e. The molecule has 1 aromatic carbocycles. The normalized spacial score (nSPS) is 19.6. The third kappa shape index (κ3) is 3.02. The number of furan rings is 1. The van der Waals surface area contributed by atoms with Gasteiger partial charge < -0.3 is 14.4 Å². The molecule has 0 bridgehead atoms. The van der Waals surface area contributed by atoms with Gasteiger partial charge in [0, 0.05) is 17.0 Å². The second-order valence-electron chi connectivity index (χ2n) is 6.20. The third-order valence-electron chi connectivity index (χ3n) is 4.71. The molecular weight excluding hydrogens is 278 g/mol. The number of aromatic carboxylic acids is 1. The lowest BCUT2D eigenvalue weighted by molar-refractivity contribution is 0.0663. The molecule has 2 aromatic rings. The summed E-state index contributed by atoms with van der Waals surface area (Å²) in [6.07, 6.45) is 5.59. The van der Waals surface area contributed by atoms with Crippen molar-refractivity contribution < 1.29 is 14.3 Å². The van der Waals surface area contributed by atoms with Gasteiger partial charge in [-0.2, -0.15) is 0 Å². The van der Waals surface area contributed by atoms with Gasteiger partial charge in [-0.05, 0) is 51.8 Å². The van der Waals surface area contributed by atoms with Crippen LogP contribution in [0.3, 0.4) is 0 Å². The van der Waals surface area contributed by atoms with Crippen molar-refractivity contribution in [3.8, 4) is 0 Å². The van der Waals surface area contributed by atoms with E-state index in [9.17, 15) is 9.90 Å². The summed E-state index contributed by atoms with van der Waals surface area (Å²) in [4.78, 5) is 13.9. The molecule has 1 atom stereocenters. The van der Waals surface area contributed by atoms with E-state index in [0.717, 1.165) is 30.3 Å². The lowest BCUT2D eigenvalue weighted by Gasteiger charge is -2.33. The van der Waals surface area contributed by atoms with E-state index in [1.165, 1.54) is 25.8 Å². The van der Waals surface area contributed by atoms with E-state index in [4.69, 9.17) is 4.42 Å². The van der Waals surface area contributed by atoms with Gasteiger partial charge in [-0.1, -0.05) is 24.6 Å². The summed E-state index contributed by atoms with van der Waals surface area (Å²) in [6, 6.07) is 8.23. The molecule has 1 N–H and O–H groups in total. The first-order valence-electron chi connectivity index (χ1n) is 8.14. The highest BCUT2D eigenvalue weighted by molar-refractivity contribution is 5.95. The average molecular weight is 301 g/mol. The Morgan fingerprint density at radius 3 is 2.95 bits per heavy atom. The fourth-order valence-electron chi connectivity index (χ4n) is 3.47. The summed E-state index contributed by atoms with van der Waals surface area (Å²) in [5.41, 5.74) is 1.51. The first-order valence-corrected chi connectivity index (χ1v) is 8.14. The molecule has 0 aliphatic carbocycles. The molecule has 2 heterocycles. The maximum absolute atomic E-state index is 11.4. The number of carbonyl (C=O) groups is 1. The zero-order chi connectivity index (χ0) is 15.5. The number of likely N-dealkylation sites (tertiary alicyclic amines) is 1. The minimum atomic E-state index is -0.974. The number of hydrogen-bond acceptors (Lipinski definition) is 3. The molecular formula is C18H23NO3. The van der Waals surface area contributed by atoms with E-state index in [1.807, 2.05) is 24.3 Å². The maximum Gasteiger partial charge on any atom is 0.372 e. The van der Waals surface area contributed by atoms with Crippen LogP contribution in [0.5, 0.6) is 0 Å². The summed E-state index contributed by atoms with van der Waals surface area (Å²) in [5, 5.41) is 10.3. The van der Waals surface area contributed by atoms with Gasteiger partial charge in [0.15, 0.2) is 0 Å². The number of carboxylic acids is 1. The topological polar surface area (TPSA) is 53.7 Å². The average Bonchev–Trinajstić information content (AvgIpc) is 2.88. The van der Waals surface area contributed by atoms with E-state index < -0.39 is 5.97 Å². The molecule has 4 nitrogen and oxygen atoms in total. The Bertz CT molecular complexity index is 661. The Balaban J connectivity index is 1.72. The fourth-order valence-corrected chi connectivity index (χ4v) is 3.47. The Kier molecular flexibility index (Phi) is 4.48. The van der Waals surface area contributed by atoms with E-state index in [1.54, 1.807) is 0 Å². The van der Waals surface area contributed by atoms with Crippen molar-refractivity contribution >= 4 is 16.9 Å². The zero-order valence-electron chi connectivity index (χ0n) is 13.0. The van der Waals surface area contributed by atoms with Crippen LogP contribution in [0, 0.1) is 0 Å². The number of hydrogen-bond donors (Lipinski definition) is 1. The van der Waals surface area contributed by atoms with Gasteiger partial charge in [0.25, 0.3) is 0 Å². The molecule has 0 saturated carbocycles. The number of para-hydroxylation sites is 1. The van der Waals surface area contributed by atoms with E-state index in [2.05, 4.69) is 11.8 Å². The molecule has 1 fully saturated rings. The first-order chi connectivity index (χ1) is 10.7. The summed E-state index contributed by atoms with van der Waals surface area (Å²) in [5.74, 6) is -0.870. The highest BCUT2D eigenvalue weighted by atomic mass is 16.4. The van der Waals surface area contributed by atoms with Gasteiger partial charge in [0.05, 0.1) is 0 Å². The van der Waals surface area contributed by atoms with Crippen molar-refractivity contribution in [1.82, 2.24) is 4.90 Å². The van der Waals surface area contributed by atoms with Crippen LogP contribution in [0.2, 0.25) is 0 Å².